The molecule has 1 saturated carbocycles. The molecule has 34 heavy (non-hydrogen) atoms. The van der Waals surface area contributed by atoms with Crippen molar-refractivity contribution in [2.75, 3.05) is 31.8 Å². The molecule has 182 valence electrons. The molecule has 3 amide bonds. The second-order valence-corrected chi connectivity index (χ2v) is 9.88. The highest BCUT2D eigenvalue weighted by molar-refractivity contribution is 6.03. The van der Waals surface area contributed by atoms with Gasteiger partial charge in [0.25, 0.3) is 0 Å². The van der Waals surface area contributed by atoms with Crippen LogP contribution in [0.3, 0.4) is 0 Å². The molecule has 0 bridgehead atoms. The Labute approximate surface area is 202 Å². The molecule has 7 nitrogen and oxygen atoms in total. The van der Waals surface area contributed by atoms with E-state index in [1.807, 2.05) is 39.2 Å². The van der Waals surface area contributed by atoms with Crippen molar-refractivity contribution in [3.63, 3.8) is 0 Å². The van der Waals surface area contributed by atoms with Crippen LogP contribution in [0.2, 0.25) is 0 Å². The van der Waals surface area contributed by atoms with Crippen molar-refractivity contribution in [3.8, 4) is 5.75 Å². The average molecular weight is 465 g/mol. The van der Waals surface area contributed by atoms with Crippen LogP contribution in [0.4, 0.5) is 16.2 Å². The number of benzene rings is 2. The number of fused-ring (bicyclic) bond motifs is 1. The molecule has 7 heteroatoms. The summed E-state index contributed by atoms with van der Waals surface area (Å²) < 4.78 is 5.43. The summed E-state index contributed by atoms with van der Waals surface area (Å²) in [7, 11) is 5.66. The first kappa shape index (κ1) is 24.1. The highest BCUT2D eigenvalue weighted by Gasteiger charge is 2.48. The summed E-state index contributed by atoms with van der Waals surface area (Å²) in [6.07, 6.45) is 4.22. The van der Waals surface area contributed by atoms with Crippen LogP contribution in [0.1, 0.15) is 54.4 Å². The predicted molar refractivity (Wildman–Crippen MR) is 135 cm³/mol. The summed E-state index contributed by atoms with van der Waals surface area (Å²) in [6, 6.07) is 9.65. The van der Waals surface area contributed by atoms with E-state index >= 15 is 0 Å². The normalized spacial score (nSPS) is 17.2. The van der Waals surface area contributed by atoms with Crippen molar-refractivity contribution in [3.05, 3.63) is 52.6 Å². The van der Waals surface area contributed by atoms with E-state index < -0.39 is 5.54 Å². The Morgan fingerprint density at radius 1 is 1.12 bits per heavy atom. The fourth-order valence-corrected chi connectivity index (χ4v) is 5.28. The van der Waals surface area contributed by atoms with Crippen molar-refractivity contribution in [1.29, 1.82) is 0 Å². The number of nitrogens with zero attached hydrogens (tertiary/aromatic N) is 2. The maximum absolute atomic E-state index is 13.8. The fraction of sp³-hybridized carbons (Fsp3) is 0.481. The molecule has 2 aromatic carbocycles. The third-order valence-electron chi connectivity index (χ3n) is 7.20. The Balaban J connectivity index is 1.68. The number of ether oxygens (including phenoxy) is 1. The van der Waals surface area contributed by atoms with E-state index in [-0.39, 0.29) is 11.9 Å². The maximum Gasteiger partial charge on any atom is 0.323 e. The van der Waals surface area contributed by atoms with E-state index in [0.717, 1.165) is 59.5 Å². The summed E-state index contributed by atoms with van der Waals surface area (Å²) in [5.74, 6) is 0.600. The van der Waals surface area contributed by atoms with Gasteiger partial charge in [0.05, 0.1) is 19.3 Å². The van der Waals surface area contributed by atoms with Gasteiger partial charge in [0.1, 0.15) is 11.3 Å². The number of methoxy groups -OCH3 is 1. The van der Waals surface area contributed by atoms with Gasteiger partial charge in [-0.2, -0.15) is 0 Å². The molecule has 1 aliphatic carbocycles. The molecule has 0 radical (unpaired) electrons. The number of aryl methyl sites for hydroxylation is 2. The zero-order valence-electron chi connectivity index (χ0n) is 21.0. The average Bonchev–Trinajstić information content (AvgIpc) is 2.82. The van der Waals surface area contributed by atoms with Crippen molar-refractivity contribution >= 4 is 23.3 Å². The lowest BCUT2D eigenvalue weighted by Gasteiger charge is -2.47. The van der Waals surface area contributed by atoms with Gasteiger partial charge in [-0.05, 0) is 69.1 Å². The Bertz CT molecular complexity index is 1090. The summed E-state index contributed by atoms with van der Waals surface area (Å²) in [5.41, 5.74) is 4.99. The predicted octanol–water partition coefficient (Wildman–Crippen LogP) is 5.06. The quantitative estimate of drug-likeness (QED) is 0.627. The maximum atomic E-state index is 13.8. The molecule has 0 saturated heterocycles. The van der Waals surface area contributed by atoms with E-state index in [1.54, 1.807) is 12.0 Å². The molecular weight excluding hydrogens is 428 g/mol. The Morgan fingerprint density at radius 3 is 2.50 bits per heavy atom. The summed E-state index contributed by atoms with van der Waals surface area (Å²) in [4.78, 5) is 31.2. The molecular formula is C27H36N4O3. The lowest BCUT2D eigenvalue weighted by Crippen LogP contribution is -2.61. The van der Waals surface area contributed by atoms with Crippen LogP contribution in [-0.4, -0.2) is 48.5 Å². The first-order valence-corrected chi connectivity index (χ1v) is 12.1. The lowest BCUT2D eigenvalue weighted by molar-refractivity contribution is -0.128. The zero-order chi connectivity index (χ0) is 24.5. The molecule has 0 aromatic heterocycles. The minimum absolute atomic E-state index is 0.126. The van der Waals surface area contributed by atoms with Crippen LogP contribution in [0, 0.1) is 13.8 Å². The minimum Gasteiger partial charge on any atom is -0.496 e. The third kappa shape index (κ3) is 4.49. The molecule has 0 spiro atoms. The van der Waals surface area contributed by atoms with Crippen LogP contribution in [0.5, 0.6) is 5.75 Å². The highest BCUT2D eigenvalue weighted by Crippen LogP contribution is 2.41. The van der Waals surface area contributed by atoms with Crippen LogP contribution >= 0.6 is 0 Å². The molecule has 2 aliphatic rings. The van der Waals surface area contributed by atoms with Crippen LogP contribution < -0.4 is 15.4 Å². The number of rotatable bonds is 6. The molecule has 1 fully saturated rings. The smallest absolute Gasteiger partial charge is 0.323 e. The van der Waals surface area contributed by atoms with Crippen LogP contribution in [0.25, 0.3) is 0 Å². The van der Waals surface area contributed by atoms with Crippen LogP contribution in [-0.2, 0) is 17.9 Å². The van der Waals surface area contributed by atoms with Gasteiger partial charge in [0, 0.05) is 18.3 Å². The fourth-order valence-electron chi connectivity index (χ4n) is 5.28. The molecule has 2 aromatic rings. The number of amides is 3. The topological polar surface area (TPSA) is 73.9 Å². The summed E-state index contributed by atoms with van der Waals surface area (Å²) in [6.45, 7) is 5.21. The van der Waals surface area contributed by atoms with Gasteiger partial charge in [-0.15, -0.1) is 0 Å². The first-order valence-electron chi connectivity index (χ1n) is 12.1. The monoisotopic (exact) mass is 464 g/mol. The van der Waals surface area contributed by atoms with Gasteiger partial charge in [-0.3, -0.25) is 4.79 Å². The number of hydrogen-bond acceptors (Lipinski definition) is 4. The Morgan fingerprint density at radius 2 is 1.82 bits per heavy atom. The van der Waals surface area contributed by atoms with Crippen molar-refractivity contribution in [2.45, 2.75) is 64.6 Å². The van der Waals surface area contributed by atoms with Crippen molar-refractivity contribution in [2.24, 2.45) is 0 Å². The number of nitrogens with one attached hydrogen (secondary N) is 2. The number of carbonyl (C=O) groups excluding carboxylic acids is 2. The second kappa shape index (κ2) is 9.66. The third-order valence-corrected chi connectivity index (χ3v) is 7.20. The summed E-state index contributed by atoms with van der Waals surface area (Å²) in [5, 5.41) is 6.25. The van der Waals surface area contributed by atoms with Gasteiger partial charge in [-0.25, -0.2) is 4.79 Å². The lowest BCUT2D eigenvalue weighted by atomic mass is 9.78. The van der Waals surface area contributed by atoms with E-state index in [4.69, 9.17) is 4.74 Å². The van der Waals surface area contributed by atoms with Gasteiger partial charge in [-0.1, -0.05) is 37.5 Å². The van der Waals surface area contributed by atoms with E-state index in [9.17, 15) is 9.59 Å². The largest absolute Gasteiger partial charge is 0.496 e. The molecule has 2 N–H and O–H groups in total. The van der Waals surface area contributed by atoms with E-state index in [1.165, 1.54) is 0 Å². The second-order valence-electron chi connectivity index (χ2n) is 9.88. The Hall–Kier alpha value is -3.06. The molecule has 4 rings (SSSR count). The Kier molecular flexibility index (Phi) is 6.84. The van der Waals surface area contributed by atoms with Crippen molar-refractivity contribution in [1.82, 2.24) is 9.80 Å². The molecule has 1 aliphatic heterocycles. The van der Waals surface area contributed by atoms with Gasteiger partial charge in [0.15, 0.2) is 0 Å². The van der Waals surface area contributed by atoms with E-state index in [2.05, 4.69) is 34.6 Å². The number of carbonyl (C=O) groups is 2. The van der Waals surface area contributed by atoms with Gasteiger partial charge in [0.2, 0.25) is 5.91 Å². The SMILES string of the molecule is COc1cc(NC(=O)C2(N3Cc4c(C)ccc(CN(C)C)c4NC3=O)CCCCC2)ccc1C. The van der Waals surface area contributed by atoms with Gasteiger partial charge >= 0.3 is 6.03 Å². The molecule has 1 heterocycles. The van der Waals surface area contributed by atoms with Crippen LogP contribution in [0.15, 0.2) is 30.3 Å². The van der Waals surface area contributed by atoms with Crippen molar-refractivity contribution < 1.29 is 14.3 Å². The number of anilines is 2. The van der Waals surface area contributed by atoms with E-state index in [0.29, 0.717) is 25.1 Å². The molecule has 0 atom stereocenters. The minimum atomic E-state index is -0.887. The summed E-state index contributed by atoms with van der Waals surface area (Å²) >= 11 is 0. The zero-order valence-corrected chi connectivity index (χ0v) is 21.0. The standard InChI is InChI=1S/C27H36N4O3/c1-18-9-11-20(16-30(3)4)24-22(18)17-31(26(33)29-24)27(13-7-6-8-14-27)25(32)28-21-12-10-19(2)23(15-21)34-5/h9-12,15H,6-8,13-14,16-17H2,1-5H3,(H,28,32)(H,29,33). The highest BCUT2D eigenvalue weighted by atomic mass is 16.5. The number of hydrogen-bond donors (Lipinski definition) is 2. The molecule has 0 unspecified atom stereocenters. The first-order chi connectivity index (χ1) is 16.2. The van der Waals surface area contributed by atoms with Gasteiger partial charge < -0.3 is 25.2 Å². The number of urea groups is 1.